The fourth-order valence-electron chi connectivity index (χ4n) is 3.36. The third-order valence-corrected chi connectivity index (χ3v) is 6.15. The number of fused-ring (bicyclic) bond motifs is 3. The molecule has 0 bridgehead atoms. The van der Waals surface area contributed by atoms with Crippen LogP contribution < -0.4 is 0 Å². The average molecular weight is 533 g/mol. The number of likely N-dealkylation sites (N-methyl/N-ethyl adjacent to an activating group) is 1. The Morgan fingerprint density at radius 2 is 1.68 bits per heavy atom. The Morgan fingerprint density at radius 3 is 2.36 bits per heavy atom. The van der Waals surface area contributed by atoms with E-state index >= 15 is 0 Å². The molecule has 25 heavy (non-hydrogen) atoms. The lowest BCUT2D eigenvalue weighted by Crippen LogP contribution is -2.34. The summed E-state index contributed by atoms with van der Waals surface area (Å²) in [6.07, 6.45) is -0.419. The average Bonchev–Trinajstić information content (AvgIpc) is 2.86. The molecule has 1 heterocycles. The van der Waals surface area contributed by atoms with Crippen molar-refractivity contribution in [2.75, 3.05) is 19.6 Å². The number of hydrogen-bond donors (Lipinski definition) is 1. The van der Waals surface area contributed by atoms with Gasteiger partial charge in [0, 0.05) is 36.3 Å². The van der Waals surface area contributed by atoms with Crippen LogP contribution in [0.4, 0.5) is 0 Å². The maximum atomic E-state index is 10.7. The van der Waals surface area contributed by atoms with E-state index in [9.17, 15) is 5.11 Å². The number of rotatable bonds is 6. The maximum Gasteiger partial charge on any atom is 0.0845 e. The molecule has 0 amide bonds. The van der Waals surface area contributed by atoms with Crippen LogP contribution in [-0.4, -0.2) is 40.3 Å². The molecule has 0 aliphatic carbocycles. The minimum absolute atomic E-state index is 0.419. The topological polar surface area (TPSA) is 28.4 Å². The first kappa shape index (κ1) is 19.4. The molecule has 1 atom stereocenters. The van der Waals surface area contributed by atoms with E-state index in [4.69, 9.17) is 0 Å². The maximum absolute atomic E-state index is 10.7. The van der Waals surface area contributed by atoms with Crippen LogP contribution >= 0.6 is 47.8 Å². The molecule has 1 aromatic heterocycles. The summed E-state index contributed by atoms with van der Waals surface area (Å²) in [6.45, 7) is 7.40. The second-order valence-corrected chi connectivity index (χ2v) is 8.88. The molecule has 2 aromatic carbocycles. The van der Waals surface area contributed by atoms with Gasteiger partial charge in [0.25, 0.3) is 0 Å². The number of aliphatic hydroxyl groups excluding tert-OH is 1. The number of aromatic nitrogens is 1. The van der Waals surface area contributed by atoms with Crippen molar-refractivity contribution in [3.05, 3.63) is 43.7 Å². The van der Waals surface area contributed by atoms with E-state index < -0.39 is 6.10 Å². The molecule has 3 rings (SSSR count). The zero-order chi connectivity index (χ0) is 18.1. The molecule has 0 fully saturated rings. The number of nitrogens with zero attached hydrogens (tertiary/aromatic N) is 2. The second-order valence-electron chi connectivity index (χ2n) is 6.20. The first-order valence-corrected chi connectivity index (χ1v) is 10.8. The molecule has 134 valence electrons. The lowest BCUT2D eigenvalue weighted by Gasteiger charge is -2.23. The summed E-state index contributed by atoms with van der Waals surface area (Å²) in [6, 6.07) is 10.5. The summed E-state index contributed by atoms with van der Waals surface area (Å²) in [5, 5.41) is 13.0. The van der Waals surface area contributed by atoms with Crippen LogP contribution in [0.25, 0.3) is 21.8 Å². The Bertz CT molecular complexity index is 903. The van der Waals surface area contributed by atoms with Gasteiger partial charge >= 0.3 is 0 Å². The van der Waals surface area contributed by atoms with Gasteiger partial charge in [-0.05, 0) is 59.4 Å². The third-order valence-electron chi connectivity index (χ3n) is 4.59. The van der Waals surface area contributed by atoms with Gasteiger partial charge in [0.1, 0.15) is 0 Å². The minimum atomic E-state index is -0.419. The molecule has 1 N–H and O–H groups in total. The highest BCUT2D eigenvalue weighted by atomic mass is 79.9. The van der Waals surface area contributed by atoms with Crippen molar-refractivity contribution in [2.45, 2.75) is 26.5 Å². The van der Waals surface area contributed by atoms with Gasteiger partial charge in [0.2, 0.25) is 0 Å². The van der Waals surface area contributed by atoms with E-state index in [0.717, 1.165) is 37.5 Å². The van der Waals surface area contributed by atoms with E-state index in [-0.39, 0.29) is 0 Å². The number of hydrogen-bond acceptors (Lipinski definition) is 2. The fourth-order valence-corrected chi connectivity index (χ4v) is 5.16. The molecule has 0 radical (unpaired) electrons. The molecular weight excluding hydrogens is 512 g/mol. The Labute approximate surface area is 173 Å². The number of benzene rings is 2. The van der Waals surface area contributed by atoms with Crippen LogP contribution in [-0.2, 0) is 6.54 Å². The van der Waals surface area contributed by atoms with Crippen LogP contribution in [0.3, 0.4) is 0 Å². The molecule has 1 unspecified atom stereocenters. The van der Waals surface area contributed by atoms with E-state index in [0.29, 0.717) is 13.1 Å². The molecule has 0 saturated carbocycles. The fraction of sp³-hybridized carbons (Fsp3) is 0.368. The number of halogens is 3. The van der Waals surface area contributed by atoms with Crippen LogP contribution in [0.5, 0.6) is 0 Å². The predicted octanol–water partition coefficient (Wildman–Crippen LogP) is 5.78. The highest BCUT2D eigenvalue weighted by Gasteiger charge is 2.18. The van der Waals surface area contributed by atoms with E-state index in [1.54, 1.807) is 0 Å². The van der Waals surface area contributed by atoms with Gasteiger partial charge < -0.3 is 14.6 Å². The minimum Gasteiger partial charge on any atom is -0.390 e. The summed E-state index contributed by atoms with van der Waals surface area (Å²) in [4.78, 5) is 2.25. The summed E-state index contributed by atoms with van der Waals surface area (Å²) < 4.78 is 5.34. The first-order chi connectivity index (χ1) is 11.9. The lowest BCUT2D eigenvalue weighted by molar-refractivity contribution is 0.105. The van der Waals surface area contributed by atoms with Crippen molar-refractivity contribution < 1.29 is 5.11 Å². The Kier molecular flexibility index (Phi) is 6.27. The Hall–Kier alpha value is -0.400. The molecule has 0 aliphatic heterocycles. The van der Waals surface area contributed by atoms with Crippen molar-refractivity contribution in [3.8, 4) is 0 Å². The molecule has 0 saturated heterocycles. The standard InChI is InChI=1S/C19H21Br3N2O/c1-3-23(4-2)10-14(25)11-24-18-6-5-12(20)7-15(18)16-8-13(21)9-17(22)19(16)24/h5-9,14,25H,3-4,10-11H2,1-2H3. The van der Waals surface area contributed by atoms with Gasteiger partial charge in [-0.2, -0.15) is 0 Å². The van der Waals surface area contributed by atoms with Gasteiger partial charge in [0.05, 0.1) is 18.2 Å². The van der Waals surface area contributed by atoms with Gasteiger partial charge in [0.15, 0.2) is 0 Å². The normalized spacial score (nSPS) is 13.2. The number of aliphatic hydroxyl groups is 1. The Morgan fingerprint density at radius 1 is 1.00 bits per heavy atom. The molecule has 0 aliphatic rings. The lowest BCUT2D eigenvalue weighted by atomic mass is 10.2. The highest BCUT2D eigenvalue weighted by molar-refractivity contribution is 9.11. The van der Waals surface area contributed by atoms with Crippen molar-refractivity contribution in [3.63, 3.8) is 0 Å². The smallest absolute Gasteiger partial charge is 0.0845 e. The van der Waals surface area contributed by atoms with Gasteiger partial charge in [-0.25, -0.2) is 0 Å². The van der Waals surface area contributed by atoms with Gasteiger partial charge in [-0.1, -0.05) is 45.7 Å². The van der Waals surface area contributed by atoms with Crippen LogP contribution in [0.1, 0.15) is 13.8 Å². The summed E-state index contributed by atoms with van der Waals surface area (Å²) in [7, 11) is 0. The molecular formula is C19H21Br3N2O. The van der Waals surface area contributed by atoms with Crippen LogP contribution in [0, 0.1) is 0 Å². The van der Waals surface area contributed by atoms with Crippen molar-refractivity contribution in [1.29, 1.82) is 0 Å². The first-order valence-electron chi connectivity index (χ1n) is 8.41. The highest BCUT2D eigenvalue weighted by Crippen LogP contribution is 2.37. The van der Waals surface area contributed by atoms with E-state index in [1.807, 2.05) is 0 Å². The van der Waals surface area contributed by atoms with E-state index in [2.05, 4.69) is 101 Å². The summed E-state index contributed by atoms with van der Waals surface area (Å²) in [5.41, 5.74) is 2.26. The molecule has 0 spiro atoms. The van der Waals surface area contributed by atoms with Gasteiger partial charge in [-0.3, -0.25) is 0 Å². The molecule has 3 nitrogen and oxygen atoms in total. The second kappa shape index (κ2) is 8.09. The quantitative estimate of drug-likeness (QED) is 0.435. The zero-order valence-electron chi connectivity index (χ0n) is 14.3. The summed E-state index contributed by atoms with van der Waals surface area (Å²) >= 11 is 10.9. The van der Waals surface area contributed by atoms with Gasteiger partial charge in [-0.15, -0.1) is 0 Å². The third kappa shape index (κ3) is 3.98. The van der Waals surface area contributed by atoms with E-state index in [1.165, 1.54) is 10.8 Å². The summed E-state index contributed by atoms with van der Waals surface area (Å²) in [5.74, 6) is 0. The Balaban J connectivity index is 2.12. The van der Waals surface area contributed by atoms with Crippen LogP contribution in [0.2, 0.25) is 0 Å². The van der Waals surface area contributed by atoms with Crippen molar-refractivity contribution in [1.82, 2.24) is 9.47 Å². The monoisotopic (exact) mass is 530 g/mol. The zero-order valence-corrected chi connectivity index (χ0v) is 19.0. The predicted molar refractivity (Wildman–Crippen MR) is 116 cm³/mol. The van der Waals surface area contributed by atoms with Crippen molar-refractivity contribution >= 4 is 69.6 Å². The molecule has 6 heteroatoms. The van der Waals surface area contributed by atoms with Crippen molar-refractivity contribution in [2.24, 2.45) is 0 Å². The largest absolute Gasteiger partial charge is 0.390 e. The SMILES string of the molecule is CCN(CC)CC(O)Cn1c2ccc(Br)cc2c2cc(Br)cc(Br)c21. The van der Waals surface area contributed by atoms with Crippen LogP contribution in [0.15, 0.2) is 43.7 Å². The molecule has 3 aromatic rings.